The maximum atomic E-state index is 6.14. The van der Waals surface area contributed by atoms with Crippen molar-refractivity contribution in [3.8, 4) is 5.75 Å². The summed E-state index contributed by atoms with van der Waals surface area (Å²) >= 11 is 6.14. The number of fused-ring (bicyclic) bond motifs is 1. The van der Waals surface area contributed by atoms with Gasteiger partial charge in [0.05, 0.1) is 11.6 Å². The molecule has 1 aliphatic heterocycles. The van der Waals surface area contributed by atoms with Crippen molar-refractivity contribution < 1.29 is 4.74 Å². The fraction of sp³-hybridized carbons (Fsp3) is 0.357. The number of hydrogen-bond acceptors (Lipinski definition) is 3. The number of halogens is 1. The van der Waals surface area contributed by atoms with Crippen LogP contribution in [0.1, 0.15) is 6.42 Å². The van der Waals surface area contributed by atoms with E-state index in [1.165, 1.54) is 0 Å². The Labute approximate surface area is 111 Å². The molecule has 94 valence electrons. The second-order valence-electron chi connectivity index (χ2n) is 4.61. The third-order valence-electron chi connectivity index (χ3n) is 3.33. The van der Waals surface area contributed by atoms with E-state index in [-0.39, 0.29) is 0 Å². The summed E-state index contributed by atoms with van der Waals surface area (Å²) in [6, 6.07) is 7.62. The molecule has 18 heavy (non-hydrogen) atoms. The van der Waals surface area contributed by atoms with Crippen molar-refractivity contribution in [3.63, 3.8) is 0 Å². The van der Waals surface area contributed by atoms with Crippen LogP contribution in [0, 0.1) is 5.92 Å². The van der Waals surface area contributed by atoms with Gasteiger partial charge in [-0.1, -0.05) is 11.6 Å². The first-order chi connectivity index (χ1) is 8.84. The molecule has 1 saturated heterocycles. The SMILES string of the molecule is Clc1ccc(OCCC2CNC2)c2ncccc12. The highest BCUT2D eigenvalue weighted by Gasteiger charge is 2.16. The lowest BCUT2D eigenvalue weighted by atomic mass is 10.0. The summed E-state index contributed by atoms with van der Waals surface area (Å²) < 4.78 is 5.83. The second kappa shape index (κ2) is 5.12. The molecule has 1 aliphatic rings. The average molecular weight is 263 g/mol. The zero-order chi connectivity index (χ0) is 12.4. The molecule has 1 aromatic carbocycles. The molecule has 0 bridgehead atoms. The molecule has 1 N–H and O–H groups in total. The normalized spacial score (nSPS) is 15.6. The van der Waals surface area contributed by atoms with Crippen LogP contribution in [0.25, 0.3) is 10.9 Å². The van der Waals surface area contributed by atoms with Crippen molar-refractivity contribution in [2.24, 2.45) is 5.92 Å². The lowest BCUT2D eigenvalue weighted by Crippen LogP contribution is -2.42. The van der Waals surface area contributed by atoms with E-state index < -0.39 is 0 Å². The van der Waals surface area contributed by atoms with E-state index in [0.717, 1.165) is 48.7 Å². The first-order valence-electron chi connectivity index (χ1n) is 6.21. The predicted octanol–water partition coefficient (Wildman–Crippen LogP) is 2.88. The van der Waals surface area contributed by atoms with Gasteiger partial charge in [0.15, 0.2) is 0 Å². The molecule has 0 spiro atoms. The fourth-order valence-electron chi connectivity index (χ4n) is 2.12. The molecule has 0 unspecified atom stereocenters. The van der Waals surface area contributed by atoms with Gasteiger partial charge >= 0.3 is 0 Å². The molecular weight excluding hydrogens is 248 g/mol. The van der Waals surface area contributed by atoms with E-state index in [1.54, 1.807) is 6.20 Å². The highest BCUT2D eigenvalue weighted by atomic mass is 35.5. The number of hydrogen-bond donors (Lipinski definition) is 1. The molecule has 0 atom stereocenters. The molecule has 0 amide bonds. The molecule has 1 fully saturated rings. The summed E-state index contributed by atoms with van der Waals surface area (Å²) in [5, 5.41) is 4.92. The highest BCUT2D eigenvalue weighted by molar-refractivity contribution is 6.35. The zero-order valence-electron chi connectivity index (χ0n) is 10.0. The molecule has 3 nitrogen and oxygen atoms in total. The van der Waals surface area contributed by atoms with Gasteiger partial charge in [0.1, 0.15) is 11.3 Å². The average Bonchev–Trinajstić information content (AvgIpc) is 2.35. The summed E-state index contributed by atoms with van der Waals surface area (Å²) in [4.78, 5) is 4.35. The first kappa shape index (κ1) is 11.8. The molecular formula is C14H15ClN2O. The van der Waals surface area contributed by atoms with Crippen LogP contribution in [0.3, 0.4) is 0 Å². The molecule has 0 aliphatic carbocycles. The number of nitrogens with zero attached hydrogens (tertiary/aromatic N) is 1. The number of benzene rings is 1. The van der Waals surface area contributed by atoms with Crippen LogP contribution >= 0.6 is 11.6 Å². The van der Waals surface area contributed by atoms with E-state index in [1.807, 2.05) is 24.3 Å². The van der Waals surface area contributed by atoms with E-state index in [9.17, 15) is 0 Å². The van der Waals surface area contributed by atoms with Gasteiger partial charge in [-0.15, -0.1) is 0 Å². The molecule has 1 aromatic heterocycles. The van der Waals surface area contributed by atoms with Crippen LogP contribution < -0.4 is 10.1 Å². The molecule has 2 heterocycles. The van der Waals surface area contributed by atoms with Crippen molar-refractivity contribution in [1.29, 1.82) is 0 Å². The van der Waals surface area contributed by atoms with Gasteiger partial charge in [-0.2, -0.15) is 0 Å². The van der Waals surface area contributed by atoms with Gasteiger partial charge < -0.3 is 10.1 Å². The molecule has 0 saturated carbocycles. The minimum Gasteiger partial charge on any atom is -0.491 e. The van der Waals surface area contributed by atoms with E-state index in [0.29, 0.717) is 5.02 Å². The van der Waals surface area contributed by atoms with Gasteiger partial charge in [-0.3, -0.25) is 4.98 Å². The Morgan fingerprint density at radius 1 is 1.33 bits per heavy atom. The Kier molecular flexibility index (Phi) is 3.35. The maximum Gasteiger partial charge on any atom is 0.145 e. The van der Waals surface area contributed by atoms with Gasteiger partial charge in [-0.25, -0.2) is 0 Å². The lowest BCUT2D eigenvalue weighted by molar-refractivity contribution is 0.240. The molecule has 3 rings (SSSR count). The van der Waals surface area contributed by atoms with Crippen LogP contribution in [0.2, 0.25) is 5.02 Å². The Balaban J connectivity index is 1.76. The largest absolute Gasteiger partial charge is 0.491 e. The molecule has 2 aromatic rings. The summed E-state index contributed by atoms with van der Waals surface area (Å²) in [5.74, 6) is 1.58. The van der Waals surface area contributed by atoms with Gasteiger partial charge in [-0.05, 0) is 49.7 Å². The van der Waals surface area contributed by atoms with Crippen LogP contribution in [-0.2, 0) is 0 Å². The molecule has 4 heteroatoms. The summed E-state index contributed by atoms with van der Waals surface area (Å²) in [7, 11) is 0. The number of nitrogens with one attached hydrogen (secondary N) is 1. The van der Waals surface area contributed by atoms with Gasteiger partial charge in [0, 0.05) is 11.6 Å². The van der Waals surface area contributed by atoms with Crippen molar-refractivity contribution in [1.82, 2.24) is 10.3 Å². The van der Waals surface area contributed by atoms with Crippen LogP contribution in [0.15, 0.2) is 30.5 Å². The lowest BCUT2D eigenvalue weighted by Gasteiger charge is -2.26. The highest BCUT2D eigenvalue weighted by Crippen LogP contribution is 2.29. The summed E-state index contributed by atoms with van der Waals surface area (Å²) in [6.45, 7) is 2.96. The minimum absolute atomic E-state index is 0.716. The smallest absolute Gasteiger partial charge is 0.145 e. The van der Waals surface area contributed by atoms with Gasteiger partial charge in [0.25, 0.3) is 0 Å². The third-order valence-corrected chi connectivity index (χ3v) is 3.66. The van der Waals surface area contributed by atoms with E-state index in [4.69, 9.17) is 16.3 Å². The maximum absolute atomic E-state index is 6.14. The number of ether oxygens (including phenoxy) is 1. The minimum atomic E-state index is 0.716. The predicted molar refractivity (Wildman–Crippen MR) is 73.2 cm³/mol. The van der Waals surface area contributed by atoms with Gasteiger partial charge in [0.2, 0.25) is 0 Å². The number of pyridine rings is 1. The third kappa shape index (κ3) is 2.28. The zero-order valence-corrected chi connectivity index (χ0v) is 10.8. The standard InChI is InChI=1S/C14H15ClN2O/c15-12-3-4-13(14-11(12)2-1-6-17-14)18-7-5-10-8-16-9-10/h1-4,6,10,16H,5,7-9H2. The van der Waals surface area contributed by atoms with Crippen molar-refractivity contribution in [2.45, 2.75) is 6.42 Å². The Morgan fingerprint density at radius 3 is 3.00 bits per heavy atom. The second-order valence-corrected chi connectivity index (χ2v) is 5.01. The summed E-state index contributed by atoms with van der Waals surface area (Å²) in [5.41, 5.74) is 0.844. The number of rotatable bonds is 4. The first-order valence-corrected chi connectivity index (χ1v) is 6.59. The van der Waals surface area contributed by atoms with E-state index >= 15 is 0 Å². The quantitative estimate of drug-likeness (QED) is 0.920. The molecule has 0 radical (unpaired) electrons. The summed E-state index contributed by atoms with van der Waals surface area (Å²) in [6.07, 6.45) is 2.85. The fourth-order valence-corrected chi connectivity index (χ4v) is 2.33. The van der Waals surface area contributed by atoms with Crippen LogP contribution in [0.5, 0.6) is 5.75 Å². The Bertz CT molecular complexity index is 554. The Morgan fingerprint density at radius 2 is 2.22 bits per heavy atom. The monoisotopic (exact) mass is 262 g/mol. The number of aromatic nitrogens is 1. The van der Waals surface area contributed by atoms with Crippen LogP contribution in [0.4, 0.5) is 0 Å². The van der Waals surface area contributed by atoms with Crippen LogP contribution in [-0.4, -0.2) is 24.7 Å². The van der Waals surface area contributed by atoms with Crippen molar-refractivity contribution in [3.05, 3.63) is 35.5 Å². The Hall–Kier alpha value is -1.32. The van der Waals surface area contributed by atoms with Crippen molar-refractivity contribution >= 4 is 22.5 Å². The topological polar surface area (TPSA) is 34.1 Å². The van der Waals surface area contributed by atoms with Crippen molar-refractivity contribution in [2.75, 3.05) is 19.7 Å². The van der Waals surface area contributed by atoms with E-state index in [2.05, 4.69) is 10.3 Å².